The number of para-hydroxylation sites is 2. The van der Waals surface area contributed by atoms with E-state index < -0.39 is 0 Å². The Hall–Kier alpha value is -2.82. The molecule has 3 rings (SSSR count). The van der Waals surface area contributed by atoms with Gasteiger partial charge in [-0.2, -0.15) is 0 Å². The van der Waals surface area contributed by atoms with Gasteiger partial charge in [0.2, 0.25) is 5.91 Å². The van der Waals surface area contributed by atoms with Crippen LogP contribution in [0.3, 0.4) is 0 Å². The van der Waals surface area contributed by atoms with Crippen LogP contribution in [-0.4, -0.2) is 43.6 Å². The molecule has 1 aliphatic rings. The van der Waals surface area contributed by atoms with Gasteiger partial charge >= 0.3 is 0 Å². The Kier molecular flexibility index (Phi) is 5.56. The fourth-order valence-electron chi connectivity index (χ4n) is 3.04. The molecular weight excluding hydrogens is 331 g/mol. The van der Waals surface area contributed by atoms with Crippen molar-refractivity contribution in [1.29, 1.82) is 0 Å². The quantitative estimate of drug-likeness (QED) is 0.770. The van der Waals surface area contributed by atoms with E-state index in [0.29, 0.717) is 6.54 Å². The molecule has 1 atom stereocenters. The minimum Gasteiger partial charge on any atom is -0.485 e. The zero-order valence-corrected chi connectivity index (χ0v) is 15.1. The van der Waals surface area contributed by atoms with Crippen molar-refractivity contribution >= 4 is 17.7 Å². The molecule has 0 unspecified atom stereocenters. The van der Waals surface area contributed by atoms with Gasteiger partial charge in [-0.25, -0.2) is 4.39 Å². The van der Waals surface area contributed by atoms with Crippen LogP contribution < -0.4 is 9.64 Å². The number of carbonyl (C=O) groups excluding carboxylic acids is 1. The van der Waals surface area contributed by atoms with Crippen LogP contribution in [0.25, 0.3) is 6.08 Å². The molecular formula is C21H23FN2O2. The first-order valence-corrected chi connectivity index (χ1v) is 8.76. The number of benzene rings is 2. The van der Waals surface area contributed by atoms with Gasteiger partial charge in [0.05, 0.1) is 18.8 Å². The van der Waals surface area contributed by atoms with E-state index in [1.807, 2.05) is 18.2 Å². The number of amides is 1. The van der Waals surface area contributed by atoms with E-state index in [4.69, 9.17) is 4.74 Å². The number of hydrogen-bond acceptors (Lipinski definition) is 3. The Labute approximate surface area is 153 Å². The van der Waals surface area contributed by atoms with Crippen molar-refractivity contribution < 1.29 is 13.9 Å². The minimum absolute atomic E-state index is 0.0852. The zero-order valence-electron chi connectivity index (χ0n) is 15.1. The first kappa shape index (κ1) is 18.0. The van der Waals surface area contributed by atoms with E-state index >= 15 is 0 Å². The molecule has 0 aliphatic carbocycles. The van der Waals surface area contributed by atoms with Gasteiger partial charge < -0.3 is 14.5 Å². The molecule has 0 radical (unpaired) electrons. The van der Waals surface area contributed by atoms with Crippen LogP contribution in [-0.2, 0) is 4.79 Å². The van der Waals surface area contributed by atoms with E-state index in [9.17, 15) is 9.18 Å². The van der Waals surface area contributed by atoms with E-state index in [1.165, 1.54) is 18.2 Å². The summed E-state index contributed by atoms with van der Waals surface area (Å²) in [6.07, 6.45) is 3.10. The predicted octanol–water partition coefficient (Wildman–Crippen LogP) is 3.58. The summed E-state index contributed by atoms with van der Waals surface area (Å²) in [5.74, 6) is 0.453. The number of ether oxygens (including phenoxy) is 1. The number of likely N-dealkylation sites (N-methyl/N-ethyl adjacent to an activating group) is 2. The molecule has 1 aliphatic heterocycles. The topological polar surface area (TPSA) is 32.8 Å². The molecule has 26 heavy (non-hydrogen) atoms. The molecule has 0 N–H and O–H groups in total. The maximum Gasteiger partial charge on any atom is 0.246 e. The number of nitrogens with zero attached hydrogens (tertiary/aromatic N) is 2. The highest BCUT2D eigenvalue weighted by Crippen LogP contribution is 2.32. The first-order valence-electron chi connectivity index (χ1n) is 8.76. The lowest BCUT2D eigenvalue weighted by molar-refractivity contribution is -0.125. The molecule has 0 spiro atoms. The highest BCUT2D eigenvalue weighted by atomic mass is 19.1. The molecule has 0 aromatic heterocycles. The molecule has 5 heteroatoms. The van der Waals surface area contributed by atoms with Crippen LogP contribution >= 0.6 is 0 Å². The fourth-order valence-corrected chi connectivity index (χ4v) is 3.04. The average molecular weight is 354 g/mol. The summed E-state index contributed by atoms with van der Waals surface area (Å²) in [5, 5.41) is 0. The number of carbonyl (C=O) groups is 1. The second kappa shape index (κ2) is 8.04. The van der Waals surface area contributed by atoms with Gasteiger partial charge in [0.15, 0.2) is 0 Å². The molecule has 4 nitrogen and oxygen atoms in total. The molecule has 0 fully saturated rings. The second-order valence-electron chi connectivity index (χ2n) is 6.35. The van der Waals surface area contributed by atoms with Gasteiger partial charge in [0.25, 0.3) is 0 Å². The number of fused-ring (bicyclic) bond motifs is 1. The molecule has 0 saturated heterocycles. The highest BCUT2D eigenvalue weighted by Gasteiger charge is 2.26. The normalized spacial score (nSPS) is 16.3. The summed E-state index contributed by atoms with van der Waals surface area (Å²) in [7, 11) is 1.76. The van der Waals surface area contributed by atoms with Crippen LogP contribution in [0.5, 0.6) is 5.75 Å². The standard InChI is InChI=1S/C21H23FN2O2/c1-3-24-15-18(26-20-7-5-4-6-19(20)24)14-23(2)21(25)13-10-16-8-11-17(22)12-9-16/h4-13,18H,3,14-15H2,1-2H3/b13-10+/t18-/m0/s1. The summed E-state index contributed by atoms with van der Waals surface area (Å²) >= 11 is 0. The molecule has 0 bridgehead atoms. The van der Waals surface area contributed by atoms with Gasteiger partial charge in [0, 0.05) is 19.7 Å². The summed E-state index contributed by atoms with van der Waals surface area (Å²) in [4.78, 5) is 16.3. The first-order chi connectivity index (χ1) is 12.6. The smallest absolute Gasteiger partial charge is 0.246 e. The van der Waals surface area contributed by atoms with E-state index in [1.54, 1.807) is 30.2 Å². The zero-order chi connectivity index (χ0) is 18.5. The third-order valence-electron chi connectivity index (χ3n) is 4.45. The van der Waals surface area contributed by atoms with Crippen molar-refractivity contribution in [2.24, 2.45) is 0 Å². The van der Waals surface area contributed by atoms with Gasteiger partial charge in [-0.05, 0) is 42.8 Å². The molecule has 1 amide bonds. The maximum atomic E-state index is 12.9. The molecule has 136 valence electrons. The largest absolute Gasteiger partial charge is 0.485 e. The van der Waals surface area contributed by atoms with Gasteiger partial charge in [0.1, 0.15) is 17.7 Å². The Morgan fingerprint density at radius 2 is 2.00 bits per heavy atom. The van der Waals surface area contributed by atoms with Crippen LogP contribution in [0.2, 0.25) is 0 Å². The van der Waals surface area contributed by atoms with Crippen molar-refractivity contribution in [3.63, 3.8) is 0 Å². The Morgan fingerprint density at radius 3 is 2.73 bits per heavy atom. The van der Waals surface area contributed by atoms with Crippen molar-refractivity contribution in [2.75, 3.05) is 31.6 Å². The minimum atomic E-state index is -0.291. The Balaban J connectivity index is 1.61. The summed E-state index contributed by atoms with van der Waals surface area (Å²) < 4.78 is 19.0. The monoisotopic (exact) mass is 354 g/mol. The van der Waals surface area contributed by atoms with E-state index in [0.717, 1.165) is 30.1 Å². The second-order valence-corrected chi connectivity index (χ2v) is 6.35. The lowest BCUT2D eigenvalue weighted by Gasteiger charge is -2.37. The number of anilines is 1. The summed E-state index contributed by atoms with van der Waals surface area (Å²) in [6, 6.07) is 14.0. The Bertz CT molecular complexity index is 789. The number of hydrogen-bond donors (Lipinski definition) is 0. The SMILES string of the molecule is CCN1C[C@H](CN(C)C(=O)/C=C/c2ccc(F)cc2)Oc2ccccc21. The molecule has 1 heterocycles. The fraction of sp³-hybridized carbons (Fsp3) is 0.286. The van der Waals surface area contributed by atoms with Crippen LogP contribution in [0, 0.1) is 5.82 Å². The van der Waals surface area contributed by atoms with Gasteiger partial charge in [-0.15, -0.1) is 0 Å². The maximum absolute atomic E-state index is 12.9. The molecule has 2 aromatic rings. The van der Waals surface area contributed by atoms with Crippen molar-refractivity contribution in [3.05, 3.63) is 66.0 Å². The van der Waals surface area contributed by atoms with E-state index in [2.05, 4.69) is 17.9 Å². The third-order valence-corrected chi connectivity index (χ3v) is 4.45. The average Bonchev–Trinajstić information content (AvgIpc) is 2.66. The van der Waals surface area contributed by atoms with Gasteiger partial charge in [-0.3, -0.25) is 4.79 Å². The number of rotatable bonds is 5. The van der Waals surface area contributed by atoms with Crippen molar-refractivity contribution in [2.45, 2.75) is 13.0 Å². The summed E-state index contributed by atoms with van der Waals surface area (Å²) in [6.45, 7) is 4.24. The highest BCUT2D eigenvalue weighted by molar-refractivity contribution is 5.91. The van der Waals surface area contributed by atoms with Crippen molar-refractivity contribution in [3.8, 4) is 5.75 Å². The van der Waals surface area contributed by atoms with Gasteiger partial charge in [-0.1, -0.05) is 24.3 Å². The van der Waals surface area contributed by atoms with Crippen LogP contribution in [0.15, 0.2) is 54.6 Å². The number of halogens is 1. The Morgan fingerprint density at radius 1 is 1.27 bits per heavy atom. The third kappa shape index (κ3) is 4.23. The van der Waals surface area contributed by atoms with Crippen LogP contribution in [0.4, 0.5) is 10.1 Å². The lowest BCUT2D eigenvalue weighted by atomic mass is 10.1. The lowest BCUT2D eigenvalue weighted by Crippen LogP contribution is -2.46. The molecule has 0 saturated carbocycles. The van der Waals surface area contributed by atoms with E-state index in [-0.39, 0.29) is 17.8 Å². The molecule has 2 aromatic carbocycles. The predicted molar refractivity (Wildman–Crippen MR) is 102 cm³/mol. The van der Waals surface area contributed by atoms with Crippen LogP contribution in [0.1, 0.15) is 12.5 Å². The summed E-state index contributed by atoms with van der Waals surface area (Å²) in [5.41, 5.74) is 1.88. The van der Waals surface area contributed by atoms with Crippen molar-refractivity contribution in [1.82, 2.24) is 4.90 Å².